The van der Waals surface area contributed by atoms with Gasteiger partial charge in [-0.25, -0.2) is 0 Å². The summed E-state index contributed by atoms with van der Waals surface area (Å²) in [6.07, 6.45) is 90.3. The highest BCUT2D eigenvalue weighted by Gasteiger charge is 2.19. The Morgan fingerprint density at radius 3 is 0.818 bits per heavy atom. The van der Waals surface area contributed by atoms with E-state index in [2.05, 4.69) is 154 Å². The lowest BCUT2D eigenvalue weighted by Crippen LogP contribution is -2.30. The highest BCUT2D eigenvalue weighted by molar-refractivity contribution is 5.71. The van der Waals surface area contributed by atoms with Crippen LogP contribution >= 0.6 is 0 Å². The number of esters is 3. The summed E-state index contributed by atoms with van der Waals surface area (Å²) in [4.78, 5) is 38.2. The monoisotopic (exact) mass is 1060 g/mol. The van der Waals surface area contributed by atoms with Crippen molar-refractivity contribution in [1.82, 2.24) is 0 Å². The van der Waals surface area contributed by atoms with Gasteiger partial charge in [-0.15, -0.1) is 0 Å². The first-order chi connectivity index (χ1) is 38.0. The van der Waals surface area contributed by atoms with Crippen LogP contribution in [0.3, 0.4) is 0 Å². The molecule has 1 atom stereocenters. The number of rotatable bonds is 56. The Balaban J connectivity index is 4.36. The molecule has 0 aromatic rings. The van der Waals surface area contributed by atoms with Gasteiger partial charge in [0.2, 0.25) is 0 Å². The summed E-state index contributed by atoms with van der Waals surface area (Å²) < 4.78 is 16.9. The molecule has 0 aromatic heterocycles. The van der Waals surface area contributed by atoms with E-state index in [0.717, 1.165) is 122 Å². The molecule has 6 nitrogen and oxygen atoms in total. The molecule has 0 fully saturated rings. The van der Waals surface area contributed by atoms with E-state index in [1.165, 1.54) is 109 Å². The number of ether oxygens (including phenoxy) is 3. The lowest BCUT2D eigenvalue weighted by molar-refractivity contribution is -0.167. The van der Waals surface area contributed by atoms with Gasteiger partial charge in [-0.05, 0) is 116 Å². The molecule has 0 heterocycles. The fourth-order valence-corrected chi connectivity index (χ4v) is 8.47. The molecule has 0 saturated carbocycles. The summed E-state index contributed by atoms with van der Waals surface area (Å²) in [7, 11) is 0. The Bertz CT molecular complexity index is 1650. The van der Waals surface area contributed by atoms with Gasteiger partial charge in [0, 0.05) is 19.3 Å². The lowest BCUT2D eigenvalue weighted by Gasteiger charge is -2.18. The van der Waals surface area contributed by atoms with Crippen LogP contribution in [0.1, 0.15) is 278 Å². The molecule has 436 valence electrons. The number of hydrogen-bond acceptors (Lipinski definition) is 6. The smallest absolute Gasteiger partial charge is 0.306 e. The predicted molar refractivity (Wildman–Crippen MR) is 334 cm³/mol. The van der Waals surface area contributed by atoms with Crippen LogP contribution in [0.25, 0.3) is 0 Å². The average Bonchev–Trinajstić information content (AvgIpc) is 3.43. The van der Waals surface area contributed by atoms with Gasteiger partial charge >= 0.3 is 17.9 Å². The van der Waals surface area contributed by atoms with Crippen molar-refractivity contribution in [3.63, 3.8) is 0 Å². The van der Waals surface area contributed by atoms with Crippen LogP contribution in [0.2, 0.25) is 0 Å². The van der Waals surface area contributed by atoms with Gasteiger partial charge in [0.25, 0.3) is 0 Å². The molecule has 0 aliphatic heterocycles. The Morgan fingerprint density at radius 2 is 0.506 bits per heavy atom. The second kappa shape index (κ2) is 64.1. The van der Waals surface area contributed by atoms with E-state index >= 15 is 0 Å². The molecular weight excluding hydrogens is 949 g/mol. The zero-order valence-corrected chi connectivity index (χ0v) is 49.9. The van der Waals surface area contributed by atoms with Crippen molar-refractivity contribution in [2.75, 3.05) is 13.2 Å². The summed E-state index contributed by atoms with van der Waals surface area (Å²) >= 11 is 0. The first-order valence-corrected chi connectivity index (χ1v) is 31.7. The predicted octanol–water partition coefficient (Wildman–Crippen LogP) is 21.8. The molecule has 0 radical (unpaired) electrons. The third-order valence-corrected chi connectivity index (χ3v) is 13.2. The lowest BCUT2D eigenvalue weighted by atomic mass is 10.0. The summed E-state index contributed by atoms with van der Waals surface area (Å²) in [5.74, 6) is -0.943. The van der Waals surface area contributed by atoms with Gasteiger partial charge in [0.15, 0.2) is 6.10 Å². The third kappa shape index (κ3) is 62.3. The normalized spacial score (nSPS) is 13.0. The Kier molecular flexibility index (Phi) is 60.4. The number of carbonyl (C=O) groups excluding carboxylic acids is 3. The van der Waals surface area contributed by atoms with E-state index in [0.29, 0.717) is 19.3 Å². The first-order valence-electron chi connectivity index (χ1n) is 31.7. The fraction of sp³-hybridized carbons (Fsp3) is 0.648. The molecule has 0 aliphatic carbocycles. The van der Waals surface area contributed by atoms with E-state index in [-0.39, 0.29) is 37.5 Å². The number of carbonyl (C=O) groups is 3. The molecule has 0 rings (SSSR count). The minimum Gasteiger partial charge on any atom is -0.462 e. The van der Waals surface area contributed by atoms with E-state index in [9.17, 15) is 14.4 Å². The highest BCUT2D eigenvalue weighted by Crippen LogP contribution is 2.15. The minimum absolute atomic E-state index is 0.0977. The van der Waals surface area contributed by atoms with Crippen LogP contribution < -0.4 is 0 Å². The molecule has 0 aliphatic rings. The molecule has 0 aromatic carbocycles. The van der Waals surface area contributed by atoms with Gasteiger partial charge in [-0.2, -0.15) is 0 Å². The highest BCUT2D eigenvalue weighted by atomic mass is 16.6. The van der Waals surface area contributed by atoms with Crippen molar-refractivity contribution in [1.29, 1.82) is 0 Å². The molecule has 1 unspecified atom stereocenters. The van der Waals surface area contributed by atoms with Crippen molar-refractivity contribution < 1.29 is 28.6 Å². The third-order valence-electron chi connectivity index (χ3n) is 13.2. The van der Waals surface area contributed by atoms with E-state index < -0.39 is 6.10 Å². The van der Waals surface area contributed by atoms with Crippen LogP contribution in [-0.4, -0.2) is 37.2 Å². The quantitative estimate of drug-likeness (QED) is 0.0261. The number of hydrogen-bond donors (Lipinski definition) is 0. The Morgan fingerprint density at radius 1 is 0.273 bits per heavy atom. The Hall–Kier alpha value is -4.45. The van der Waals surface area contributed by atoms with Gasteiger partial charge in [0.1, 0.15) is 13.2 Å². The van der Waals surface area contributed by atoms with Crippen LogP contribution in [0.4, 0.5) is 0 Å². The molecule has 0 saturated heterocycles. The van der Waals surface area contributed by atoms with Crippen molar-refractivity contribution in [2.24, 2.45) is 0 Å². The van der Waals surface area contributed by atoms with Crippen molar-refractivity contribution >= 4 is 17.9 Å². The minimum atomic E-state index is -0.806. The maximum atomic E-state index is 12.9. The van der Waals surface area contributed by atoms with Crippen LogP contribution in [0, 0.1) is 0 Å². The fourth-order valence-electron chi connectivity index (χ4n) is 8.47. The number of allylic oxidation sites excluding steroid dienone is 22. The van der Waals surface area contributed by atoms with E-state index in [4.69, 9.17) is 14.2 Å². The van der Waals surface area contributed by atoms with E-state index in [1.54, 1.807) is 0 Å². The van der Waals surface area contributed by atoms with Gasteiger partial charge < -0.3 is 14.2 Å². The van der Waals surface area contributed by atoms with Crippen molar-refractivity contribution in [3.05, 3.63) is 134 Å². The summed E-state index contributed by atoms with van der Waals surface area (Å²) in [6.45, 7) is 6.37. The van der Waals surface area contributed by atoms with Gasteiger partial charge in [-0.1, -0.05) is 276 Å². The maximum Gasteiger partial charge on any atom is 0.306 e. The summed E-state index contributed by atoms with van der Waals surface area (Å²) in [5.41, 5.74) is 0. The topological polar surface area (TPSA) is 78.9 Å². The molecule has 77 heavy (non-hydrogen) atoms. The second-order valence-electron chi connectivity index (χ2n) is 20.6. The molecule has 0 N–H and O–H groups in total. The van der Waals surface area contributed by atoms with E-state index in [1.807, 2.05) is 0 Å². The summed E-state index contributed by atoms with van der Waals surface area (Å²) in [6, 6.07) is 0. The number of unbranched alkanes of at least 4 members (excludes halogenated alkanes) is 23. The van der Waals surface area contributed by atoms with Crippen molar-refractivity contribution in [3.8, 4) is 0 Å². The molecule has 6 heteroatoms. The van der Waals surface area contributed by atoms with Crippen LogP contribution in [-0.2, 0) is 28.6 Å². The van der Waals surface area contributed by atoms with Gasteiger partial charge in [0.05, 0.1) is 0 Å². The van der Waals surface area contributed by atoms with Gasteiger partial charge in [-0.3, -0.25) is 14.4 Å². The van der Waals surface area contributed by atoms with Crippen LogP contribution in [0.15, 0.2) is 134 Å². The van der Waals surface area contributed by atoms with Crippen LogP contribution in [0.5, 0.6) is 0 Å². The van der Waals surface area contributed by atoms with Crippen molar-refractivity contribution in [2.45, 2.75) is 284 Å². The SMILES string of the molecule is CC/C=C\C/C=C\C/C=C\C/C=C\C/C=C\C/C=C\CCCCC(=O)OC(COC(=O)CCCCCCCCCCCCC)COC(=O)CCCCCCCCCCCCC/C=C\C/C=C\C/C=C\C/C=C\C/C=C\CC. The molecule has 0 bridgehead atoms. The first kappa shape index (κ1) is 72.5. The largest absolute Gasteiger partial charge is 0.462 e. The average molecular weight is 1070 g/mol. The zero-order valence-electron chi connectivity index (χ0n) is 49.9. The maximum absolute atomic E-state index is 12.9. The standard InChI is InChI=1S/C71H116O6/c1-4-7-10-13-16-19-22-24-26-28-30-32-33-34-35-36-37-39-40-42-44-46-49-52-55-58-61-64-70(73)76-67-68(66-75-69(72)63-60-57-54-51-48-21-18-15-12-9-6-3)77-71(74)65-62-59-56-53-50-47-45-43-41-38-31-29-27-25-23-20-17-14-11-8-5-2/h7-8,10-11,16-17,19-20,24-27,30-32,34-35,38,43,45,50,53,68H,4-6,9,12-15,18,21-23,28-29,33,36-37,39-42,44,46-49,51-52,54-67H2,1-3H3/b10-7-,11-8-,19-16-,20-17-,26-24-,27-25-,32-30-,35-34-,38-31-,45-43-,53-50-. The second-order valence-corrected chi connectivity index (χ2v) is 20.6. The molecule has 0 spiro atoms. The Labute approximate surface area is 475 Å². The molecule has 0 amide bonds. The summed E-state index contributed by atoms with van der Waals surface area (Å²) in [5, 5.41) is 0. The zero-order chi connectivity index (χ0) is 55.7. The molecular formula is C71H116O6.